The third-order valence-electron chi connectivity index (χ3n) is 4.84. The van der Waals surface area contributed by atoms with Gasteiger partial charge in [0.25, 0.3) is 5.91 Å². The lowest BCUT2D eigenvalue weighted by molar-refractivity contribution is -0.140. The Hall–Kier alpha value is -2.82. The van der Waals surface area contributed by atoms with Crippen molar-refractivity contribution in [2.24, 2.45) is 5.92 Å². The molecule has 5 nitrogen and oxygen atoms in total. The molecule has 1 amide bonds. The zero-order chi connectivity index (χ0) is 19.8. The minimum atomic E-state index is -1.01. The van der Waals surface area contributed by atoms with Crippen LogP contribution in [0, 0.1) is 5.92 Å². The van der Waals surface area contributed by atoms with Gasteiger partial charge in [0.1, 0.15) is 6.04 Å². The molecule has 27 heavy (non-hydrogen) atoms. The molecule has 0 bridgehead atoms. The van der Waals surface area contributed by atoms with Crippen molar-refractivity contribution in [3.8, 4) is 0 Å². The first-order valence-corrected chi connectivity index (χ1v) is 9.40. The summed E-state index contributed by atoms with van der Waals surface area (Å²) in [5.41, 5.74) is 3.75. The summed E-state index contributed by atoms with van der Waals surface area (Å²) in [4.78, 5) is 23.9. The third-order valence-corrected chi connectivity index (χ3v) is 4.84. The molecule has 0 aliphatic heterocycles. The molecule has 0 saturated carbocycles. The van der Waals surface area contributed by atoms with Gasteiger partial charge in [-0.25, -0.2) is 4.79 Å². The molecular formula is C22H28N2O3. The molecule has 2 atom stereocenters. The minimum absolute atomic E-state index is 0.137. The van der Waals surface area contributed by atoms with Crippen LogP contribution in [0.2, 0.25) is 0 Å². The van der Waals surface area contributed by atoms with Crippen LogP contribution in [0.1, 0.15) is 48.7 Å². The average Bonchev–Trinajstić information content (AvgIpc) is 2.69. The maximum Gasteiger partial charge on any atom is 0.326 e. The highest BCUT2D eigenvalue weighted by molar-refractivity contribution is 5.96. The molecule has 2 rings (SSSR count). The van der Waals surface area contributed by atoms with Crippen molar-refractivity contribution in [1.29, 1.82) is 0 Å². The van der Waals surface area contributed by atoms with E-state index in [2.05, 4.69) is 23.6 Å². The first-order chi connectivity index (χ1) is 13.0. The highest BCUT2D eigenvalue weighted by Crippen LogP contribution is 2.17. The van der Waals surface area contributed by atoms with Gasteiger partial charge in [-0.05, 0) is 41.7 Å². The monoisotopic (exact) mass is 368 g/mol. The molecule has 0 aliphatic carbocycles. The Kier molecular flexibility index (Phi) is 7.41. The van der Waals surface area contributed by atoms with E-state index < -0.39 is 12.0 Å². The number of anilines is 1. The molecule has 3 N–H and O–H groups in total. The molecular weight excluding hydrogens is 340 g/mol. The fourth-order valence-corrected chi connectivity index (χ4v) is 2.93. The Morgan fingerprint density at radius 2 is 1.81 bits per heavy atom. The Bertz CT molecular complexity index is 789. The van der Waals surface area contributed by atoms with Crippen molar-refractivity contribution in [2.75, 3.05) is 5.32 Å². The number of hydrogen-bond acceptors (Lipinski definition) is 3. The van der Waals surface area contributed by atoms with E-state index in [4.69, 9.17) is 0 Å². The molecule has 0 saturated heterocycles. The molecule has 0 aliphatic rings. The quantitative estimate of drug-likeness (QED) is 0.623. The summed E-state index contributed by atoms with van der Waals surface area (Å²) in [6.07, 6.45) is 1.62. The van der Waals surface area contributed by atoms with Crippen LogP contribution in [0.5, 0.6) is 0 Å². The van der Waals surface area contributed by atoms with E-state index in [-0.39, 0.29) is 11.8 Å². The number of carboxylic acid groups (broad SMARTS) is 1. The second-order valence-electron chi connectivity index (χ2n) is 6.74. The van der Waals surface area contributed by atoms with Gasteiger partial charge < -0.3 is 15.7 Å². The van der Waals surface area contributed by atoms with Crippen molar-refractivity contribution in [3.63, 3.8) is 0 Å². The summed E-state index contributed by atoms with van der Waals surface area (Å²) in [6.45, 7) is 6.44. The SMILES string of the molecule is CCc1ccccc1NCc1cccc(C(=O)NC(C(=O)O)C(C)CC)c1. The van der Waals surface area contributed by atoms with Gasteiger partial charge in [-0.1, -0.05) is 57.5 Å². The maximum absolute atomic E-state index is 12.5. The molecule has 0 heterocycles. The maximum atomic E-state index is 12.5. The number of benzene rings is 2. The largest absolute Gasteiger partial charge is 0.480 e. The first-order valence-electron chi connectivity index (χ1n) is 9.40. The van der Waals surface area contributed by atoms with Crippen molar-refractivity contribution in [1.82, 2.24) is 5.32 Å². The fraction of sp³-hybridized carbons (Fsp3) is 0.364. The molecule has 2 aromatic rings. The summed E-state index contributed by atoms with van der Waals surface area (Å²) in [6, 6.07) is 14.5. The smallest absolute Gasteiger partial charge is 0.326 e. The summed E-state index contributed by atoms with van der Waals surface area (Å²) in [5.74, 6) is -1.51. The van der Waals surface area contributed by atoms with Gasteiger partial charge in [0.15, 0.2) is 0 Å². The van der Waals surface area contributed by atoms with Crippen molar-refractivity contribution < 1.29 is 14.7 Å². The Labute approximate surface area is 160 Å². The van der Waals surface area contributed by atoms with Crippen LogP contribution in [0.4, 0.5) is 5.69 Å². The van der Waals surface area contributed by atoms with Crippen LogP contribution in [0.3, 0.4) is 0 Å². The van der Waals surface area contributed by atoms with Gasteiger partial charge >= 0.3 is 5.97 Å². The predicted octanol–water partition coefficient (Wildman–Crippen LogP) is 4.09. The number of carboxylic acids is 1. The Morgan fingerprint density at radius 1 is 1.07 bits per heavy atom. The Balaban J connectivity index is 2.07. The van der Waals surface area contributed by atoms with E-state index in [1.807, 2.05) is 44.2 Å². The molecule has 5 heteroatoms. The summed E-state index contributed by atoms with van der Waals surface area (Å²) >= 11 is 0. The Morgan fingerprint density at radius 3 is 2.48 bits per heavy atom. The van der Waals surface area contributed by atoms with Crippen molar-refractivity contribution >= 4 is 17.6 Å². The highest BCUT2D eigenvalue weighted by atomic mass is 16.4. The number of carbonyl (C=O) groups is 2. The van der Waals surface area contributed by atoms with Crippen LogP contribution in [-0.4, -0.2) is 23.0 Å². The van der Waals surface area contributed by atoms with E-state index in [1.54, 1.807) is 12.1 Å². The van der Waals surface area contributed by atoms with E-state index in [1.165, 1.54) is 5.56 Å². The lowest BCUT2D eigenvalue weighted by Crippen LogP contribution is -2.45. The normalized spacial score (nSPS) is 12.9. The lowest BCUT2D eigenvalue weighted by atomic mass is 9.98. The van der Waals surface area contributed by atoms with Crippen LogP contribution in [-0.2, 0) is 17.8 Å². The topological polar surface area (TPSA) is 78.4 Å². The zero-order valence-electron chi connectivity index (χ0n) is 16.2. The van der Waals surface area contributed by atoms with E-state index in [0.29, 0.717) is 18.5 Å². The van der Waals surface area contributed by atoms with Gasteiger partial charge in [-0.3, -0.25) is 4.79 Å². The number of aryl methyl sites for hydroxylation is 1. The van der Waals surface area contributed by atoms with Gasteiger partial charge in [0, 0.05) is 17.8 Å². The number of para-hydroxylation sites is 1. The van der Waals surface area contributed by atoms with Gasteiger partial charge in [0.2, 0.25) is 0 Å². The number of hydrogen-bond donors (Lipinski definition) is 3. The molecule has 0 fully saturated rings. The van der Waals surface area contributed by atoms with E-state index in [9.17, 15) is 14.7 Å². The lowest BCUT2D eigenvalue weighted by Gasteiger charge is -2.20. The number of nitrogens with one attached hydrogen (secondary N) is 2. The highest BCUT2D eigenvalue weighted by Gasteiger charge is 2.25. The van der Waals surface area contributed by atoms with Gasteiger partial charge in [-0.2, -0.15) is 0 Å². The fourth-order valence-electron chi connectivity index (χ4n) is 2.93. The molecule has 2 aromatic carbocycles. The molecule has 0 spiro atoms. The molecule has 0 aromatic heterocycles. The van der Waals surface area contributed by atoms with Crippen LogP contribution < -0.4 is 10.6 Å². The zero-order valence-corrected chi connectivity index (χ0v) is 16.2. The second kappa shape index (κ2) is 9.76. The summed E-state index contributed by atoms with van der Waals surface area (Å²) < 4.78 is 0. The summed E-state index contributed by atoms with van der Waals surface area (Å²) in [5, 5.41) is 15.4. The minimum Gasteiger partial charge on any atom is -0.480 e. The standard InChI is InChI=1S/C22H28N2O3/c1-4-15(3)20(22(26)27)24-21(25)18-11-8-9-16(13-18)14-23-19-12-7-6-10-17(19)5-2/h6-13,15,20,23H,4-5,14H2,1-3H3,(H,24,25)(H,26,27). The molecule has 144 valence electrons. The van der Waals surface area contributed by atoms with Crippen molar-refractivity contribution in [3.05, 3.63) is 65.2 Å². The number of carbonyl (C=O) groups excluding carboxylic acids is 1. The van der Waals surface area contributed by atoms with Gasteiger partial charge in [0.05, 0.1) is 0 Å². The van der Waals surface area contributed by atoms with Crippen molar-refractivity contribution in [2.45, 2.75) is 46.2 Å². The van der Waals surface area contributed by atoms with E-state index in [0.717, 1.165) is 17.7 Å². The van der Waals surface area contributed by atoms with Crippen LogP contribution >= 0.6 is 0 Å². The van der Waals surface area contributed by atoms with Gasteiger partial charge in [-0.15, -0.1) is 0 Å². The number of aliphatic carboxylic acids is 1. The number of amides is 1. The van der Waals surface area contributed by atoms with Crippen LogP contribution in [0.15, 0.2) is 48.5 Å². The second-order valence-corrected chi connectivity index (χ2v) is 6.74. The predicted molar refractivity (Wildman–Crippen MR) is 108 cm³/mol. The molecule has 0 radical (unpaired) electrons. The summed E-state index contributed by atoms with van der Waals surface area (Å²) in [7, 11) is 0. The van der Waals surface area contributed by atoms with E-state index >= 15 is 0 Å². The van der Waals surface area contributed by atoms with Crippen LogP contribution in [0.25, 0.3) is 0 Å². The number of rotatable bonds is 9. The molecule has 2 unspecified atom stereocenters. The first kappa shape index (κ1) is 20.5. The average molecular weight is 368 g/mol. The third kappa shape index (κ3) is 5.58.